The summed E-state index contributed by atoms with van der Waals surface area (Å²) in [5.41, 5.74) is 19.5. The van der Waals surface area contributed by atoms with Crippen molar-refractivity contribution in [2.45, 2.75) is 5.41 Å². The third-order valence-corrected chi connectivity index (χ3v) is 15.0. The second-order valence-electron chi connectivity index (χ2n) is 18.2. The second kappa shape index (κ2) is 13.3. The lowest BCUT2D eigenvalue weighted by Crippen LogP contribution is -2.26. The standard InChI is InChI=1S/C65H38O/c1-2-17-45-39(14-1)28-33-54-55-34-30-42-36-41(29-32-46(42)64(55)65(63(45)54)57-25-10-7-18-47(57)48-19-8-11-26-58(48)65)40-15-13-16-43(37-40)61-50-21-3-5-23-52(50)62(53-24-6-4-22-51(53)61)44-31-35-60-56(38-44)49-20-9-12-27-59(49)66-60/h1-38H. The van der Waals surface area contributed by atoms with Gasteiger partial charge in [0.1, 0.15) is 11.2 Å². The monoisotopic (exact) mass is 834 g/mol. The highest BCUT2D eigenvalue weighted by molar-refractivity contribution is 6.22. The molecule has 0 aliphatic heterocycles. The molecule has 0 atom stereocenters. The quantitative estimate of drug-likeness (QED) is 0.162. The minimum absolute atomic E-state index is 0.452. The molecule has 1 nitrogen and oxygen atoms in total. The van der Waals surface area contributed by atoms with Gasteiger partial charge in [-0.1, -0.05) is 200 Å². The second-order valence-corrected chi connectivity index (χ2v) is 18.2. The van der Waals surface area contributed by atoms with Crippen LogP contribution in [0.25, 0.3) is 121 Å². The van der Waals surface area contributed by atoms with Gasteiger partial charge in [0.2, 0.25) is 0 Å². The number of para-hydroxylation sites is 1. The Bertz CT molecular complexity index is 4140. The van der Waals surface area contributed by atoms with E-state index in [0.29, 0.717) is 0 Å². The molecule has 0 fully saturated rings. The largest absolute Gasteiger partial charge is 0.456 e. The van der Waals surface area contributed by atoms with E-state index < -0.39 is 5.41 Å². The molecule has 0 radical (unpaired) electrons. The van der Waals surface area contributed by atoms with Gasteiger partial charge in [-0.2, -0.15) is 0 Å². The van der Waals surface area contributed by atoms with Gasteiger partial charge in [0.15, 0.2) is 0 Å². The van der Waals surface area contributed by atoms with Crippen LogP contribution in [-0.2, 0) is 5.41 Å². The lowest BCUT2D eigenvalue weighted by Gasteiger charge is -2.32. The van der Waals surface area contributed by atoms with E-state index in [-0.39, 0.29) is 0 Å². The normalized spacial score (nSPS) is 13.3. The zero-order valence-electron chi connectivity index (χ0n) is 35.8. The van der Waals surface area contributed by atoms with Crippen LogP contribution in [0.15, 0.2) is 235 Å². The molecular formula is C65H38O. The maximum absolute atomic E-state index is 6.26. The number of hydrogen-bond acceptors (Lipinski definition) is 1. The summed E-state index contributed by atoms with van der Waals surface area (Å²) in [6.45, 7) is 0. The molecule has 1 heteroatoms. The fraction of sp³-hybridized carbons (Fsp3) is 0.0154. The van der Waals surface area contributed by atoms with Gasteiger partial charge in [-0.3, -0.25) is 0 Å². The van der Waals surface area contributed by atoms with Crippen LogP contribution < -0.4 is 0 Å². The fourth-order valence-electron chi connectivity index (χ4n) is 12.4. The molecule has 0 bridgehead atoms. The van der Waals surface area contributed by atoms with Gasteiger partial charge in [-0.15, -0.1) is 0 Å². The van der Waals surface area contributed by atoms with Crippen LogP contribution in [0.5, 0.6) is 0 Å². The lowest BCUT2D eigenvalue weighted by atomic mass is 9.68. The van der Waals surface area contributed by atoms with Crippen molar-refractivity contribution in [3.8, 4) is 55.6 Å². The molecule has 1 aromatic heterocycles. The molecule has 1 spiro atoms. The summed E-state index contributed by atoms with van der Waals surface area (Å²) in [6, 6.07) is 85.9. The van der Waals surface area contributed by atoms with Crippen molar-refractivity contribution in [1.82, 2.24) is 0 Å². The Balaban J connectivity index is 0.922. The Morgan fingerprint density at radius 2 is 0.742 bits per heavy atom. The number of furan rings is 1. The van der Waals surface area contributed by atoms with Gasteiger partial charge < -0.3 is 4.42 Å². The van der Waals surface area contributed by atoms with Crippen LogP contribution in [0.1, 0.15) is 22.3 Å². The third kappa shape index (κ3) is 4.68. The number of benzene rings is 12. The van der Waals surface area contributed by atoms with Gasteiger partial charge in [-0.25, -0.2) is 0 Å². The van der Waals surface area contributed by atoms with E-state index in [9.17, 15) is 0 Å². The molecule has 304 valence electrons. The van der Waals surface area contributed by atoms with Crippen LogP contribution in [0.2, 0.25) is 0 Å². The summed E-state index contributed by atoms with van der Waals surface area (Å²) in [5, 5.41) is 12.4. The van der Waals surface area contributed by atoms with Crippen molar-refractivity contribution in [3.05, 3.63) is 253 Å². The van der Waals surface area contributed by atoms with Gasteiger partial charge in [0, 0.05) is 10.8 Å². The molecule has 66 heavy (non-hydrogen) atoms. The Kier molecular flexibility index (Phi) is 7.21. The van der Waals surface area contributed by atoms with Crippen molar-refractivity contribution in [2.24, 2.45) is 0 Å². The molecule has 12 aromatic carbocycles. The highest BCUT2D eigenvalue weighted by Gasteiger charge is 2.53. The number of fused-ring (bicyclic) bond motifs is 19. The fourth-order valence-corrected chi connectivity index (χ4v) is 12.4. The van der Waals surface area contributed by atoms with Crippen molar-refractivity contribution in [1.29, 1.82) is 0 Å². The summed E-state index contributed by atoms with van der Waals surface area (Å²) in [7, 11) is 0. The first-order chi connectivity index (χ1) is 32.7. The van der Waals surface area contributed by atoms with Gasteiger partial charge in [-0.05, 0) is 151 Å². The van der Waals surface area contributed by atoms with Gasteiger partial charge >= 0.3 is 0 Å². The van der Waals surface area contributed by atoms with Crippen molar-refractivity contribution < 1.29 is 4.42 Å². The molecular weight excluding hydrogens is 797 g/mol. The summed E-state index contributed by atoms with van der Waals surface area (Å²) < 4.78 is 6.26. The summed E-state index contributed by atoms with van der Waals surface area (Å²) >= 11 is 0. The van der Waals surface area contributed by atoms with E-state index >= 15 is 0 Å². The van der Waals surface area contributed by atoms with Crippen LogP contribution in [0.3, 0.4) is 0 Å². The highest BCUT2D eigenvalue weighted by Crippen LogP contribution is 2.65. The topological polar surface area (TPSA) is 13.1 Å². The van der Waals surface area contributed by atoms with Gasteiger partial charge in [0.05, 0.1) is 5.41 Å². The van der Waals surface area contributed by atoms with Crippen molar-refractivity contribution in [3.63, 3.8) is 0 Å². The molecule has 15 rings (SSSR count). The number of hydrogen-bond donors (Lipinski definition) is 0. The first-order valence-electron chi connectivity index (χ1n) is 23.0. The molecule has 0 saturated carbocycles. The predicted octanol–water partition coefficient (Wildman–Crippen LogP) is 17.5. The van der Waals surface area contributed by atoms with E-state index in [1.165, 1.54) is 121 Å². The molecule has 2 aliphatic carbocycles. The molecule has 0 unspecified atom stereocenters. The maximum Gasteiger partial charge on any atom is 0.135 e. The number of rotatable bonds is 3. The van der Waals surface area contributed by atoms with E-state index in [2.05, 4.69) is 224 Å². The SMILES string of the molecule is c1cc(-c2ccc3c4c(ccc3c2)-c2ccc3ccccc3c2C42c3ccccc3-c3ccccc32)cc(-c2c3ccccc3c(-c3ccc4oc5ccccc5c4c3)c3ccccc23)c1. The van der Waals surface area contributed by atoms with Crippen LogP contribution >= 0.6 is 0 Å². The zero-order valence-corrected chi connectivity index (χ0v) is 35.8. The molecule has 2 aliphatic rings. The van der Waals surface area contributed by atoms with Crippen molar-refractivity contribution in [2.75, 3.05) is 0 Å². The minimum atomic E-state index is -0.452. The summed E-state index contributed by atoms with van der Waals surface area (Å²) in [4.78, 5) is 0. The zero-order chi connectivity index (χ0) is 43.1. The lowest BCUT2D eigenvalue weighted by molar-refractivity contribution is 0.669. The van der Waals surface area contributed by atoms with E-state index in [1.807, 2.05) is 6.07 Å². The summed E-state index contributed by atoms with van der Waals surface area (Å²) in [6.07, 6.45) is 0. The summed E-state index contributed by atoms with van der Waals surface area (Å²) in [5.74, 6) is 0. The Labute approximate surface area is 381 Å². The highest BCUT2D eigenvalue weighted by atomic mass is 16.3. The van der Waals surface area contributed by atoms with Gasteiger partial charge in [0.25, 0.3) is 0 Å². The molecule has 1 heterocycles. The predicted molar refractivity (Wildman–Crippen MR) is 276 cm³/mol. The van der Waals surface area contributed by atoms with Crippen LogP contribution in [0.4, 0.5) is 0 Å². The Morgan fingerprint density at radius 3 is 1.42 bits per heavy atom. The molecule has 0 saturated heterocycles. The van der Waals surface area contributed by atoms with Crippen LogP contribution in [0, 0.1) is 0 Å². The smallest absolute Gasteiger partial charge is 0.135 e. The average Bonchev–Trinajstić information content (AvgIpc) is 4.02. The maximum atomic E-state index is 6.26. The minimum Gasteiger partial charge on any atom is -0.456 e. The first kappa shape index (κ1) is 35.9. The third-order valence-electron chi connectivity index (χ3n) is 15.0. The first-order valence-corrected chi connectivity index (χ1v) is 23.0. The Hall–Kier alpha value is -8.52. The molecule has 13 aromatic rings. The molecule has 0 N–H and O–H groups in total. The van der Waals surface area contributed by atoms with E-state index in [0.717, 1.165) is 21.9 Å². The average molecular weight is 835 g/mol. The Morgan fingerprint density at radius 1 is 0.258 bits per heavy atom. The van der Waals surface area contributed by atoms with Crippen molar-refractivity contribution >= 4 is 65.0 Å². The molecule has 0 amide bonds. The van der Waals surface area contributed by atoms with E-state index in [4.69, 9.17) is 4.42 Å². The van der Waals surface area contributed by atoms with E-state index in [1.54, 1.807) is 0 Å². The van der Waals surface area contributed by atoms with Crippen LogP contribution in [-0.4, -0.2) is 0 Å².